The van der Waals surface area contributed by atoms with Crippen LogP contribution in [-0.2, 0) is 0 Å². The number of oxime groups is 1. The van der Waals surface area contributed by atoms with Gasteiger partial charge < -0.3 is 15.8 Å². The Labute approximate surface area is 112 Å². The highest BCUT2D eigenvalue weighted by atomic mass is 32.1. The minimum Gasteiger partial charge on any atom is -0.409 e. The SMILES string of the molecule is CC(/C(N)=N/O)N(C)C(=O)c1cc2sccc2s1. The molecule has 2 rings (SSSR count). The summed E-state index contributed by atoms with van der Waals surface area (Å²) in [5.74, 6) is -0.105. The summed E-state index contributed by atoms with van der Waals surface area (Å²) < 4.78 is 2.21. The maximum absolute atomic E-state index is 12.2. The lowest BCUT2D eigenvalue weighted by Gasteiger charge is -2.22. The van der Waals surface area contributed by atoms with E-state index in [4.69, 9.17) is 10.9 Å². The van der Waals surface area contributed by atoms with Gasteiger partial charge in [-0.05, 0) is 24.4 Å². The second-order valence-corrected chi connectivity index (χ2v) is 5.91. The van der Waals surface area contributed by atoms with E-state index in [9.17, 15) is 4.79 Å². The number of hydrogen-bond donors (Lipinski definition) is 2. The zero-order valence-corrected chi connectivity index (χ0v) is 11.6. The molecule has 1 amide bonds. The van der Waals surface area contributed by atoms with Gasteiger partial charge in [0, 0.05) is 16.4 Å². The molecule has 7 heteroatoms. The Morgan fingerprint density at radius 1 is 1.56 bits per heavy atom. The minimum atomic E-state index is -0.442. The standard InChI is InChI=1S/C11H13N3O2S2/c1-6(10(12)13-16)14(2)11(15)9-5-8-7(18-9)3-4-17-8/h3-6,16H,1-2H3,(H2,12,13). The summed E-state index contributed by atoms with van der Waals surface area (Å²) in [4.78, 5) is 14.3. The van der Waals surface area contributed by atoms with Crippen LogP contribution in [0.5, 0.6) is 0 Å². The first kappa shape index (κ1) is 12.8. The highest BCUT2D eigenvalue weighted by Gasteiger charge is 2.22. The number of amides is 1. The normalized spacial score (nSPS) is 13.8. The molecule has 0 bridgehead atoms. The van der Waals surface area contributed by atoms with Gasteiger partial charge in [-0.15, -0.1) is 22.7 Å². The van der Waals surface area contributed by atoms with Crippen molar-refractivity contribution in [1.82, 2.24) is 4.90 Å². The molecule has 0 spiro atoms. The van der Waals surface area contributed by atoms with Gasteiger partial charge >= 0.3 is 0 Å². The Bertz CT molecular complexity index is 574. The van der Waals surface area contributed by atoms with Crippen LogP contribution in [0.25, 0.3) is 9.40 Å². The first-order chi connectivity index (χ1) is 8.54. The third kappa shape index (κ3) is 2.19. The molecule has 2 aromatic rings. The van der Waals surface area contributed by atoms with E-state index in [0.717, 1.165) is 9.40 Å². The number of nitrogens with zero attached hydrogens (tertiary/aromatic N) is 2. The average Bonchev–Trinajstić information content (AvgIpc) is 2.95. The van der Waals surface area contributed by atoms with Crippen LogP contribution < -0.4 is 5.73 Å². The van der Waals surface area contributed by atoms with E-state index < -0.39 is 6.04 Å². The molecule has 0 aromatic carbocycles. The number of fused-ring (bicyclic) bond motifs is 1. The zero-order chi connectivity index (χ0) is 13.3. The van der Waals surface area contributed by atoms with Crippen molar-refractivity contribution in [1.29, 1.82) is 0 Å². The number of carbonyl (C=O) groups excluding carboxylic acids is 1. The van der Waals surface area contributed by atoms with Crippen molar-refractivity contribution in [2.24, 2.45) is 10.9 Å². The van der Waals surface area contributed by atoms with Gasteiger partial charge in [-0.3, -0.25) is 4.79 Å². The predicted molar refractivity (Wildman–Crippen MR) is 74.7 cm³/mol. The Morgan fingerprint density at radius 3 is 2.89 bits per heavy atom. The smallest absolute Gasteiger partial charge is 0.264 e. The highest BCUT2D eigenvalue weighted by molar-refractivity contribution is 7.27. The van der Waals surface area contributed by atoms with Crippen LogP contribution >= 0.6 is 22.7 Å². The third-order valence-corrected chi connectivity index (χ3v) is 4.88. The van der Waals surface area contributed by atoms with Gasteiger partial charge in [-0.25, -0.2) is 0 Å². The molecular formula is C11H13N3O2S2. The summed E-state index contributed by atoms with van der Waals surface area (Å²) in [5.41, 5.74) is 5.50. The van der Waals surface area contributed by atoms with Crippen LogP contribution in [0.3, 0.4) is 0 Å². The molecular weight excluding hydrogens is 270 g/mol. The number of nitrogens with two attached hydrogens (primary N) is 1. The van der Waals surface area contributed by atoms with Crippen LogP contribution in [0.2, 0.25) is 0 Å². The fourth-order valence-electron chi connectivity index (χ4n) is 1.50. The molecule has 0 aliphatic rings. The average molecular weight is 283 g/mol. The lowest BCUT2D eigenvalue weighted by atomic mass is 10.2. The number of hydrogen-bond acceptors (Lipinski definition) is 5. The minimum absolute atomic E-state index is 0.0178. The Morgan fingerprint density at radius 2 is 2.28 bits per heavy atom. The van der Waals surface area contributed by atoms with E-state index in [1.165, 1.54) is 16.2 Å². The maximum atomic E-state index is 12.2. The van der Waals surface area contributed by atoms with E-state index >= 15 is 0 Å². The maximum Gasteiger partial charge on any atom is 0.264 e. The Kier molecular flexibility index (Phi) is 3.53. The van der Waals surface area contributed by atoms with E-state index in [0.29, 0.717) is 4.88 Å². The van der Waals surface area contributed by atoms with Gasteiger partial charge in [0.2, 0.25) is 0 Å². The van der Waals surface area contributed by atoms with E-state index in [1.54, 1.807) is 25.3 Å². The van der Waals surface area contributed by atoms with Gasteiger partial charge in [0.15, 0.2) is 5.84 Å². The number of thiophene rings is 2. The third-order valence-electron chi connectivity index (χ3n) is 2.79. The highest BCUT2D eigenvalue weighted by Crippen LogP contribution is 2.30. The zero-order valence-electron chi connectivity index (χ0n) is 9.95. The van der Waals surface area contributed by atoms with Crippen LogP contribution in [-0.4, -0.2) is 34.9 Å². The fraction of sp³-hybridized carbons (Fsp3) is 0.273. The van der Waals surface area contributed by atoms with Crippen molar-refractivity contribution in [3.05, 3.63) is 22.4 Å². The lowest BCUT2D eigenvalue weighted by Crippen LogP contribution is -2.43. The summed E-state index contributed by atoms with van der Waals surface area (Å²) in [7, 11) is 1.64. The molecule has 2 heterocycles. The molecule has 0 aliphatic carbocycles. The molecule has 3 N–H and O–H groups in total. The van der Waals surface area contributed by atoms with Gasteiger partial charge in [-0.1, -0.05) is 5.16 Å². The number of rotatable bonds is 3. The first-order valence-corrected chi connectivity index (χ1v) is 6.96. The van der Waals surface area contributed by atoms with Crippen molar-refractivity contribution >= 4 is 43.8 Å². The molecule has 1 unspecified atom stereocenters. The molecule has 96 valence electrons. The molecule has 0 saturated carbocycles. The number of likely N-dealkylation sites (N-methyl/N-ethyl adjacent to an activating group) is 1. The van der Waals surface area contributed by atoms with Gasteiger partial charge in [0.1, 0.15) is 0 Å². The summed E-state index contributed by atoms with van der Waals surface area (Å²) in [6.45, 7) is 1.71. The summed E-state index contributed by atoms with van der Waals surface area (Å²) in [5, 5.41) is 13.5. The van der Waals surface area contributed by atoms with Gasteiger partial charge in [0.05, 0.1) is 10.9 Å². The van der Waals surface area contributed by atoms with Crippen LogP contribution in [0, 0.1) is 0 Å². The molecule has 1 atom stereocenters. The van der Waals surface area contributed by atoms with E-state index in [2.05, 4.69) is 5.16 Å². The number of carbonyl (C=O) groups is 1. The molecule has 0 saturated heterocycles. The fourth-order valence-corrected chi connectivity index (χ4v) is 3.59. The topological polar surface area (TPSA) is 78.9 Å². The summed E-state index contributed by atoms with van der Waals surface area (Å²) in [6.07, 6.45) is 0. The van der Waals surface area contributed by atoms with Crippen molar-refractivity contribution in [3.8, 4) is 0 Å². The monoisotopic (exact) mass is 283 g/mol. The van der Waals surface area contributed by atoms with E-state index in [-0.39, 0.29) is 11.7 Å². The van der Waals surface area contributed by atoms with Crippen molar-refractivity contribution in [2.45, 2.75) is 13.0 Å². The van der Waals surface area contributed by atoms with Crippen molar-refractivity contribution < 1.29 is 10.0 Å². The van der Waals surface area contributed by atoms with Gasteiger partial charge in [0.25, 0.3) is 5.91 Å². The van der Waals surface area contributed by atoms with Crippen molar-refractivity contribution in [3.63, 3.8) is 0 Å². The molecule has 0 fully saturated rings. The predicted octanol–water partition coefficient (Wildman–Crippen LogP) is 2.17. The number of amidine groups is 1. The second-order valence-electron chi connectivity index (χ2n) is 3.88. The van der Waals surface area contributed by atoms with E-state index in [1.807, 2.05) is 17.5 Å². The Hall–Kier alpha value is -1.60. The Balaban J connectivity index is 2.23. The lowest BCUT2D eigenvalue weighted by molar-refractivity contribution is 0.0781. The van der Waals surface area contributed by atoms with Crippen molar-refractivity contribution in [2.75, 3.05) is 7.05 Å². The quantitative estimate of drug-likeness (QED) is 0.392. The molecule has 0 aliphatic heterocycles. The van der Waals surface area contributed by atoms with Crippen LogP contribution in [0.1, 0.15) is 16.6 Å². The molecule has 18 heavy (non-hydrogen) atoms. The summed E-state index contributed by atoms with van der Waals surface area (Å²) in [6, 6.07) is 3.43. The van der Waals surface area contributed by atoms with Gasteiger partial charge in [-0.2, -0.15) is 0 Å². The molecule has 5 nitrogen and oxygen atoms in total. The molecule has 2 aromatic heterocycles. The first-order valence-electron chi connectivity index (χ1n) is 5.26. The second kappa shape index (κ2) is 4.95. The largest absolute Gasteiger partial charge is 0.409 e. The van der Waals surface area contributed by atoms with Crippen LogP contribution in [0.15, 0.2) is 22.7 Å². The van der Waals surface area contributed by atoms with Crippen LogP contribution in [0.4, 0.5) is 0 Å². The summed E-state index contributed by atoms with van der Waals surface area (Å²) >= 11 is 3.06. The molecule has 0 radical (unpaired) electrons.